The Kier molecular flexibility index (Phi) is 8.14. The summed E-state index contributed by atoms with van der Waals surface area (Å²) >= 11 is 0. The monoisotopic (exact) mass is 203 g/mol. The predicted molar refractivity (Wildman–Crippen MR) is 58.9 cm³/mol. The molecule has 0 spiro atoms. The average molecular weight is 203 g/mol. The molecule has 0 aromatic carbocycles. The third-order valence-electron chi connectivity index (χ3n) is 2.12. The van der Waals surface area contributed by atoms with Gasteiger partial charge in [-0.1, -0.05) is 26.7 Å². The third kappa shape index (κ3) is 7.30. The Morgan fingerprint density at radius 2 is 1.29 bits per heavy atom. The van der Waals surface area contributed by atoms with E-state index in [4.69, 9.17) is 15.2 Å². The van der Waals surface area contributed by atoms with Crippen molar-refractivity contribution in [1.82, 2.24) is 0 Å². The van der Waals surface area contributed by atoms with E-state index in [0.717, 1.165) is 25.7 Å². The second-order valence-electron chi connectivity index (χ2n) is 3.84. The molecule has 0 fully saturated rings. The summed E-state index contributed by atoms with van der Waals surface area (Å²) in [6.45, 7) is 8.31. The van der Waals surface area contributed by atoms with Crippen LogP contribution in [0.3, 0.4) is 0 Å². The van der Waals surface area contributed by atoms with Gasteiger partial charge in [-0.05, 0) is 26.7 Å². The van der Waals surface area contributed by atoms with Crippen molar-refractivity contribution in [3.8, 4) is 0 Å². The molecule has 0 amide bonds. The molecule has 0 aliphatic carbocycles. The summed E-state index contributed by atoms with van der Waals surface area (Å²) < 4.78 is 10.9. The number of ether oxygens (including phenoxy) is 2. The molecule has 0 saturated carbocycles. The molecule has 0 rings (SSSR count). The summed E-state index contributed by atoms with van der Waals surface area (Å²) in [6, 6.07) is 0. The van der Waals surface area contributed by atoms with Crippen molar-refractivity contribution in [3.63, 3.8) is 0 Å². The minimum Gasteiger partial charge on any atom is -0.337 e. The lowest BCUT2D eigenvalue weighted by Crippen LogP contribution is -2.34. The van der Waals surface area contributed by atoms with Crippen LogP contribution in [0.15, 0.2) is 0 Å². The van der Waals surface area contributed by atoms with Crippen molar-refractivity contribution < 1.29 is 9.47 Å². The van der Waals surface area contributed by atoms with E-state index in [9.17, 15) is 0 Å². The normalized spacial score (nSPS) is 17.8. The Labute approximate surface area is 88.0 Å². The van der Waals surface area contributed by atoms with E-state index in [1.165, 1.54) is 0 Å². The van der Waals surface area contributed by atoms with Gasteiger partial charge in [-0.25, -0.2) is 0 Å². The van der Waals surface area contributed by atoms with Gasteiger partial charge in [0.2, 0.25) is 6.41 Å². The van der Waals surface area contributed by atoms with E-state index in [2.05, 4.69) is 13.8 Å². The topological polar surface area (TPSA) is 44.5 Å². The molecule has 14 heavy (non-hydrogen) atoms. The molecule has 0 bridgehead atoms. The maximum atomic E-state index is 5.69. The highest BCUT2D eigenvalue weighted by atomic mass is 16.7. The molecule has 0 aromatic rings. The first-order valence-corrected chi connectivity index (χ1v) is 5.66. The van der Waals surface area contributed by atoms with Gasteiger partial charge in [0, 0.05) is 0 Å². The Morgan fingerprint density at radius 3 is 1.57 bits per heavy atom. The summed E-state index contributed by atoms with van der Waals surface area (Å²) in [5.74, 6) is 0. The molecule has 0 aliphatic heterocycles. The zero-order chi connectivity index (χ0) is 11.0. The molecule has 2 N–H and O–H groups in total. The van der Waals surface area contributed by atoms with E-state index in [1.54, 1.807) is 0 Å². The van der Waals surface area contributed by atoms with Gasteiger partial charge in [-0.15, -0.1) is 0 Å². The largest absolute Gasteiger partial charge is 0.337 e. The summed E-state index contributed by atoms with van der Waals surface area (Å²) in [5, 5.41) is 0. The smallest absolute Gasteiger partial charge is 0.213 e. The quantitative estimate of drug-likeness (QED) is 0.617. The van der Waals surface area contributed by atoms with E-state index in [0.29, 0.717) is 0 Å². The van der Waals surface area contributed by atoms with Crippen molar-refractivity contribution in [1.29, 1.82) is 0 Å². The van der Waals surface area contributed by atoms with Gasteiger partial charge in [-0.3, -0.25) is 5.73 Å². The lowest BCUT2D eigenvalue weighted by Gasteiger charge is -2.22. The van der Waals surface area contributed by atoms with Crippen LogP contribution in [-0.2, 0) is 9.47 Å². The van der Waals surface area contributed by atoms with Gasteiger partial charge in [0.05, 0.1) is 12.2 Å². The highest BCUT2D eigenvalue weighted by Crippen LogP contribution is 2.07. The van der Waals surface area contributed by atoms with Crippen LogP contribution in [-0.4, -0.2) is 18.6 Å². The highest BCUT2D eigenvalue weighted by molar-refractivity contribution is 4.51. The highest BCUT2D eigenvalue weighted by Gasteiger charge is 2.11. The Bertz CT molecular complexity index is 116. The summed E-state index contributed by atoms with van der Waals surface area (Å²) in [5.41, 5.74) is 5.69. The van der Waals surface area contributed by atoms with Gasteiger partial charge < -0.3 is 9.47 Å². The van der Waals surface area contributed by atoms with E-state index in [-0.39, 0.29) is 12.2 Å². The van der Waals surface area contributed by atoms with Crippen molar-refractivity contribution in [2.75, 3.05) is 0 Å². The zero-order valence-corrected chi connectivity index (χ0v) is 9.95. The SMILES string of the molecule is CCCC(C)OC(N)OC(C)CCC. The molecule has 86 valence electrons. The molecule has 3 nitrogen and oxygen atoms in total. The lowest BCUT2D eigenvalue weighted by molar-refractivity contribution is -0.186. The minimum absolute atomic E-state index is 0.184. The molecule has 0 aromatic heterocycles. The van der Waals surface area contributed by atoms with E-state index >= 15 is 0 Å². The molecule has 2 atom stereocenters. The van der Waals surface area contributed by atoms with Crippen molar-refractivity contribution in [3.05, 3.63) is 0 Å². The van der Waals surface area contributed by atoms with Gasteiger partial charge in [0.15, 0.2) is 0 Å². The first kappa shape index (κ1) is 13.9. The van der Waals surface area contributed by atoms with Crippen LogP contribution in [0.25, 0.3) is 0 Å². The van der Waals surface area contributed by atoms with Crippen LogP contribution in [0.5, 0.6) is 0 Å². The Morgan fingerprint density at radius 1 is 0.929 bits per heavy atom. The molecule has 2 unspecified atom stereocenters. The fraction of sp³-hybridized carbons (Fsp3) is 1.00. The average Bonchev–Trinajstić information content (AvgIpc) is 2.03. The van der Waals surface area contributed by atoms with Gasteiger partial charge in [-0.2, -0.15) is 0 Å². The fourth-order valence-electron chi connectivity index (χ4n) is 1.44. The van der Waals surface area contributed by atoms with Gasteiger partial charge in [0.1, 0.15) is 0 Å². The maximum Gasteiger partial charge on any atom is 0.213 e. The first-order valence-electron chi connectivity index (χ1n) is 5.66. The van der Waals surface area contributed by atoms with E-state index < -0.39 is 6.41 Å². The standard InChI is InChI=1S/C11H25NO2/c1-5-7-9(3)13-11(12)14-10(4)8-6-2/h9-11H,5-8,12H2,1-4H3. The number of hydrogen-bond acceptors (Lipinski definition) is 3. The lowest BCUT2D eigenvalue weighted by atomic mass is 10.2. The van der Waals surface area contributed by atoms with Crippen LogP contribution >= 0.6 is 0 Å². The molecule has 3 heteroatoms. The van der Waals surface area contributed by atoms with E-state index in [1.807, 2.05) is 13.8 Å². The number of nitrogens with two attached hydrogens (primary N) is 1. The molecule has 0 aliphatic rings. The van der Waals surface area contributed by atoms with Gasteiger partial charge in [0.25, 0.3) is 0 Å². The second-order valence-corrected chi connectivity index (χ2v) is 3.84. The van der Waals surface area contributed by atoms with Crippen LogP contribution < -0.4 is 5.73 Å². The zero-order valence-electron chi connectivity index (χ0n) is 9.95. The minimum atomic E-state index is -0.571. The Balaban J connectivity index is 3.57. The summed E-state index contributed by atoms with van der Waals surface area (Å²) in [7, 11) is 0. The fourth-order valence-corrected chi connectivity index (χ4v) is 1.44. The van der Waals surface area contributed by atoms with Crippen molar-refractivity contribution in [2.45, 2.75) is 72.0 Å². The van der Waals surface area contributed by atoms with Crippen molar-refractivity contribution in [2.24, 2.45) is 5.73 Å². The third-order valence-corrected chi connectivity index (χ3v) is 2.12. The Hall–Kier alpha value is -0.120. The van der Waals surface area contributed by atoms with Gasteiger partial charge >= 0.3 is 0 Å². The van der Waals surface area contributed by atoms with Crippen LogP contribution in [0.2, 0.25) is 0 Å². The molecule has 0 saturated heterocycles. The summed E-state index contributed by atoms with van der Waals surface area (Å²) in [4.78, 5) is 0. The number of hydrogen-bond donors (Lipinski definition) is 1. The second kappa shape index (κ2) is 8.21. The van der Waals surface area contributed by atoms with Crippen LogP contribution in [0.1, 0.15) is 53.4 Å². The van der Waals surface area contributed by atoms with Crippen LogP contribution in [0, 0.1) is 0 Å². The number of rotatable bonds is 8. The predicted octanol–water partition coefficient (Wildman–Crippen LogP) is 2.64. The van der Waals surface area contributed by atoms with Crippen molar-refractivity contribution >= 4 is 0 Å². The molecular formula is C11H25NO2. The maximum absolute atomic E-state index is 5.69. The molecular weight excluding hydrogens is 178 g/mol. The van der Waals surface area contributed by atoms with Crippen LogP contribution in [0.4, 0.5) is 0 Å². The molecule has 0 heterocycles. The summed E-state index contributed by atoms with van der Waals surface area (Å²) in [6.07, 6.45) is 4.07. The molecule has 0 radical (unpaired) electrons. The first-order chi connectivity index (χ1) is 6.60.